The van der Waals surface area contributed by atoms with Crippen molar-refractivity contribution in [2.24, 2.45) is 0 Å². The number of benzene rings is 1. The Morgan fingerprint density at radius 1 is 1.36 bits per heavy atom. The van der Waals surface area contributed by atoms with Crippen LogP contribution in [0.15, 0.2) is 18.2 Å². The molecule has 0 aromatic heterocycles. The molecule has 0 radical (unpaired) electrons. The quantitative estimate of drug-likeness (QED) is 0.708. The third kappa shape index (κ3) is 3.21. The molecular weight excluding hydrogens is 273 g/mol. The average molecular weight is 284 g/mol. The summed E-state index contributed by atoms with van der Waals surface area (Å²) in [5.74, 6) is 0. The van der Waals surface area contributed by atoms with Crippen molar-refractivity contribution in [3.63, 3.8) is 0 Å². The Hall–Kier alpha value is -0.150. The second-order valence-corrected chi connectivity index (χ2v) is 4.17. The van der Waals surface area contributed by atoms with Gasteiger partial charge < -0.3 is 0 Å². The van der Waals surface area contributed by atoms with Crippen molar-refractivity contribution in [3.05, 3.63) is 34.3 Å². The molecule has 4 heteroatoms. The van der Waals surface area contributed by atoms with Crippen LogP contribution in [0.1, 0.15) is 24.0 Å². The average Bonchev–Trinajstić information content (AvgIpc) is 2.15. The minimum absolute atomic E-state index is 0.0541. The van der Waals surface area contributed by atoms with Gasteiger partial charge in [-0.2, -0.15) is 0 Å². The first-order valence-electron chi connectivity index (χ1n) is 4.27. The van der Waals surface area contributed by atoms with Crippen LogP contribution in [0.5, 0.6) is 0 Å². The Kier molecular flexibility index (Phi) is 4.82. The van der Waals surface area contributed by atoms with Crippen molar-refractivity contribution in [2.45, 2.75) is 19.3 Å². The monoisotopic (exact) mass is 282 g/mol. The molecule has 0 atom stereocenters. The Balaban J connectivity index is 2.90. The number of alkyl halides is 3. The van der Waals surface area contributed by atoms with E-state index >= 15 is 0 Å². The highest BCUT2D eigenvalue weighted by molar-refractivity contribution is 9.09. The van der Waals surface area contributed by atoms with Crippen LogP contribution in [-0.4, -0.2) is 5.33 Å². The molecule has 0 bridgehead atoms. The number of hydrogen-bond donors (Lipinski definition) is 0. The van der Waals surface area contributed by atoms with Gasteiger partial charge in [0.1, 0.15) is 0 Å². The maximum Gasteiger partial charge on any atom is 0.264 e. The van der Waals surface area contributed by atoms with Crippen LogP contribution in [0, 0.1) is 0 Å². The van der Waals surface area contributed by atoms with Crippen molar-refractivity contribution in [1.82, 2.24) is 0 Å². The summed E-state index contributed by atoms with van der Waals surface area (Å²) in [4.78, 5) is 0. The Morgan fingerprint density at radius 3 is 2.64 bits per heavy atom. The normalized spacial score (nSPS) is 10.9. The highest BCUT2D eigenvalue weighted by Gasteiger charge is 2.12. The molecule has 0 saturated heterocycles. The largest absolute Gasteiger partial charge is 0.264 e. The summed E-state index contributed by atoms with van der Waals surface area (Å²) in [6.45, 7) is 0. The zero-order valence-electron chi connectivity index (χ0n) is 7.44. The van der Waals surface area contributed by atoms with E-state index in [0.717, 1.165) is 11.8 Å². The molecule has 0 unspecified atom stereocenters. The van der Waals surface area contributed by atoms with E-state index in [1.54, 1.807) is 12.1 Å². The Bertz CT molecular complexity index is 302. The van der Waals surface area contributed by atoms with Crippen molar-refractivity contribution < 1.29 is 8.78 Å². The standard InChI is InChI=1S/C10H10BrClF2/c11-5-1-2-7-3-4-8(12)6-9(7)10(13)14/h3-4,6,10H,1-2,5H2. The fraction of sp³-hybridized carbons (Fsp3) is 0.400. The summed E-state index contributed by atoms with van der Waals surface area (Å²) in [6.07, 6.45) is -0.942. The van der Waals surface area contributed by atoms with E-state index in [-0.39, 0.29) is 5.56 Å². The van der Waals surface area contributed by atoms with Gasteiger partial charge in [0.25, 0.3) is 6.43 Å². The Labute approximate surface area is 95.4 Å². The third-order valence-corrected chi connectivity index (χ3v) is 2.72. The molecule has 1 aromatic rings. The number of hydrogen-bond acceptors (Lipinski definition) is 0. The molecule has 1 rings (SSSR count). The lowest BCUT2D eigenvalue weighted by molar-refractivity contribution is 0.150. The molecule has 0 N–H and O–H groups in total. The second-order valence-electron chi connectivity index (χ2n) is 2.94. The van der Waals surface area contributed by atoms with Crippen LogP contribution in [0.2, 0.25) is 5.02 Å². The van der Waals surface area contributed by atoms with Gasteiger partial charge in [-0.1, -0.05) is 33.6 Å². The molecular formula is C10H10BrClF2. The zero-order valence-corrected chi connectivity index (χ0v) is 9.78. The number of rotatable bonds is 4. The maximum atomic E-state index is 12.6. The van der Waals surface area contributed by atoms with E-state index in [2.05, 4.69) is 15.9 Å². The summed E-state index contributed by atoms with van der Waals surface area (Å²) in [5.41, 5.74) is 0.738. The third-order valence-electron chi connectivity index (χ3n) is 1.92. The van der Waals surface area contributed by atoms with Crippen molar-refractivity contribution >= 4 is 27.5 Å². The predicted octanol–water partition coefficient (Wildman–Crippen LogP) is 4.61. The fourth-order valence-corrected chi connectivity index (χ4v) is 1.71. The van der Waals surface area contributed by atoms with Crippen molar-refractivity contribution in [2.75, 3.05) is 5.33 Å². The summed E-state index contributed by atoms with van der Waals surface area (Å²) >= 11 is 8.92. The van der Waals surface area contributed by atoms with Crippen LogP contribution in [0.3, 0.4) is 0 Å². The van der Waals surface area contributed by atoms with Crippen LogP contribution < -0.4 is 0 Å². The van der Waals surface area contributed by atoms with Crippen LogP contribution in [-0.2, 0) is 6.42 Å². The lowest BCUT2D eigenvalue weighted by Crippen LogP contribution is -1.95. The molecule has 0 aliphatic heterocycles. The summed E-state index contributed by atoms with van der Waals surface area (Å²) < 4.78 is 25.1. The maximum absolute atomic E-state index is 12.6. The minimum atomic E-state index is -2.45. The second kappa shape index (κ2) is 5.66. The van der Waals surface area contributed by atoms with Crippen molar-refractivity contribution in [3.8, 4) is 0 Å². The lowest BCUT2D eigenvalue weighted by atomic mass is 10.0. The minimum Gasteiger partial charge on any atom is -0.205 e. The summed E-state index contributed by atoms with van der Waals surface area (Å²) in [6, 6.07) is 4.67. The van der Waals surface area contributed by atoms with Gasteiger partial charge in [-0.25, -0.2) is 8.78 Å². The molecule has 0 saturated carbocycles. The molecule has 0 aliphatic carbocycles. The van der Waals surface area contributed by atoms with Gasteiger partial charge in [0.05, 0.1) is 0 Å². The summed E-state index contributed by atoms with van der Waals surface area (Å²) in [5, 5.41) is 1.18. The van der Waals surface area contributed by atoms with E-state index < -0.39 is 6.43 Å². The molecule has 78 valence electrons. The van der Waals surface area contributed by atoms with Gasteiger partial charge in [-0.15, -0.1) is 0 Å². The predicted molar refractivity (Wildman–Crippen MR) is 58.5 cm³/mol. The van der Waals surface area contributed by atoms with E-state index in [9.17, 15) is 8.78 Å². The molecule has 1 aromatic carbocycles. The molecule has 0 aliphatic rings. The van der Waals surface area contributed by atoms with Gasteiger partial charge in [-0.05, 0) is 30.5 Å². The van der Waals surface area contributed by atoms with E-state index in [1.807, 2.05) is 0 Å². The van der Waals surface area contributed by atoms with Crippen LogP contribution >= 0.6 is 27.5 Å². The van der Waals surface area contributed by atoms with Gasteiger partial charge in [-0.3, -0.25) is 0 Å². The first-order valence-corrected chi connectivity index (χ1v) is 5.77. The molecule has 14 heavy (non-hydrogen) atoms. The Morgan fingerprint density at radius 2 is 2.07 bits per heavy atom. The van der Waals surface area contributed by atoms with E-state index in [0.29, 0.717) is 17.0 Å². The molecule has 0 spiro atoms. The van der Waals surface area contributed by atoms with Gasteiger partial charge in [0, 0.05) is 15.9 Å². The zero-order chi connectivity index (χ0) is 10.6. The SMILES string of the molecule is FC(F)c1cc(Cl)ccc1CCCBr. The lowest BCUT2D eigenvalue weighted by Gasteiger charge is -2.08. The number of aryl methyl sites for hydroxylation is 1. The van der Waals surface area contributed by atoms with E-state index in [4.69, 9.17) is 11.6 Å². The van der Waals surface area contributed by atoms with Crippen LogP contribution in [0.4, 0.5) is 8.78 Å². The first kappa shape index (κ1) is 11.9. The smallest absolute Gasteiger partial charge is 0.205 e. The van der Waals surface area contributed by atoms with E-state index in [1.165, 1.54) is 6.07 Å². The highest BCUT2D eigenvalue weighted by Crippen LogP contribution is 2.27. The summed E-state index contributed by atoms with van der Waals surface area (Å²) in [7, 11) is 0. The topological polar surface area (TPSA) is 0 Å². The number of halogens is 4. The van der Waals surface area contributed by atoms with Gasteiger partial charge >= 0.3 is 0 Å². The van der Waals surface area contributed by atoms with Crippen LogP contribution in [0.25, 0.3) is 0 Å². The fourth-order valence-electron chi connectivity index (χ4n) is 1.25. The first-order chi connectivity index (χ1) is 6.65. The molecule has 0 heterocycles. The molecule has 0 amide bonds. The molecule has 0 fully saturated rings. The van der Waals surface area contributed by atoms with Gasteiger partial charge in [0.2, 0.25) is 0 Å². The van der Waals surface area contributed by atoms with Crippen molar-refractivity contribution in [1.29, 1.82) is 0 Å². The molecule has 0 nitrogen and oxygen atoms in total. The van der Waals surface area contributed by atoms with Gasteiger partial charge in [0.15, 0.2) is 0 Å². The highest BCUT2D eigenvalue weighted by atomic mass is 79.9.